The van der Waals surface area contributed by atoms with Gasteiger partial charge in [-0.2, -0.15) is 0 Å². The van der Waals surface area contributed by atoms with Crippen LogP contribution in [0.2, 0.25) is 0 Å². The third-order valence-electron chi connectivity index (χ3n) is 3.71. The van der Waals surface area contributed by atoms with Gasteiger partial charge in [0.25, 0.3) is 0 Å². The van der Waals surface area contributed by atoms with Crippen LogP contribution < -0.4 is 10.6 Å². The first-order valence-corrected chi connectivity index (χ1v) is 7.11. The Kier molecular flexibility index (Phi) is 5.93. The van der Waals surface area contributed by atoms with Crippen LogP contribution in [0, 0.1) is 5.41 Å². The van der Waals surface area contributed by atoms with E-state index >= 15 is 0 Å². The van der Waals surface area contributed by atoms with Crippen LogP contribution >= 0.6 is 0 Å². The predicted molar refractivity (Wildman–Crippen MR) is 73.5 cm³/mol. The Morgan fingerprint density at radius 3 is 2.39 bits per heavy atom. The first-order valence-electron chi connectivity index (χ1n) is 7.11. The van der Waals surface area contributed by atoms with Gasteiger partial charge in [-0.1, -0.05) is 40.0 Å². The van der Waals surface area contributed by atoms with E-state index in [1.165, 1.54) is 19.3 Å². The van der Waals surface area contributed by atoms with E-state index in [4.69, 9.17) is 5.11 Å². The molecule has 0 bridgehead atoms. The van der Waals surface area contributed by atoms with E-state index < -0.39 is 0 Å². The van der Waals surface area contributed by atoms with Gasteiger partial charge in [0.15, 0.2) is 0 Å². The fraction of sp³-hybridized carbons (Fsp3) is 0.929. The summed E-state index contributed by atoms with van der Waals surface area (Å²) >= 11 is 0. The van der Waals surface area contributed by atoms with Gasteiger partial charge in [0.05, 0.1) is 0 Å². The number of rotatable bonds is 4. The summed E-state index contributed by atoms with van der Waals surface area (Å²) in [7, 11) is 0. The molecule has 1 fully saturated rings. The van der Waals surface area contributed by atoms with E-state index in [9.17, 15) is 4.79 Å². The van der Waals surface area contributed by atoms with Gasteiger partial charge >= 0.3 is 6.03 Å². The molecule has 3 N–H and O–H groups in total. The Morgan fingerprint density at radius 2 is 1.89 bits per heavy atom. The number of aliphatic hydroxyl groups excluding tert-OH is 1. The molecule has 1 saturated carbocycles. The van der Waals surface area contributed by atoms with Gasteiger partial charge in [-0.3, -0.25) is 0 Å². The normalized spacial score (nSPS) is 19.3. The molecule has 0 aliphatic heterocycles. The highest BCUT2D eigenvalue weighted by atomic mass is 16.3. The fourth-order valence-corrected chi connectivity index (χ4v) is 2.48. The number of amides is 2. The lowest BCUT2D eigenvalue weighted by molar-refractivity contribution is 0.186. The van der Waals surface area contributed by atoms with E-state index in [1.54, 1.807) is 0 Å². The van der Waals surface area contributed by atoms with Gasteiger partial charge in [-0.05, 0) is 24.7 Å². The highest BCUT2D eigenvalue weighted by Gasteiger charge is 2.26. The van der Waals surface area contributed by atoms with Crippen molar-refractivity contribution < 1.29 is 9.90 Å². The first kappa shape index (κ1) is 15.3. The zero-order valence-corrected chi connectivity index (χ0v) is 12.0. The van der Waals surface area contributed by atoms with Gasteiger partial charge in [0.2, 0.25) is 0 Å². The Bertz CT molecular complexity index is 255. The van der Waals surface area contributed by atoms with Crippen molar-refractivity contribution in [1.82, 2.24) is 10.6 Å². The van der Waals surface area contributed by atoms with Gasteiger partial charge < -0.3 is 15.7 Å². The third-order valence-corrected chi connectivity index (χ3v) is 3.71. The van der Waals surface area contributed by atoms with Gasteiger partial charge in [-0.25, -0.2) is 4.79 Å². The van der Waals surface area contributed by atoms with Crippen LogP contribution in [0.5, 0.6) is 0 Å². The molecular weight excluding hydrogens is 228 g/mol. The molecule has 0 aromatic carbocycles. The molecule has 0 spiro atoms. The van der Waals surface area contributed by atoms with Crippen molar-refractivity contribution in [2.75, 3.05) is 6.61 Å². The SMILES string of the molecule is CC(C)(C)C(CCO)NC(=O)NC1CCCCC1. The highest BCUT2D eigenvalue weighted by molar-refractivity contribution is 5.74. The van der Waals surface area contributed by atoms with E-state index in [0.717, 1.165) is 12.8 Å². The summed E-state index contributed by atoms with van der Waals surface area (Å²) in [5.41, 5.74) is -0.0351. The summed E-state index contributed by atoms with van der Waals surface area (Å²) in [6.07, 6.45) is 6.49. The summed E-state index contributed by atoms with van der Waals surface area (Å²) in [5, 5.41) is 15.1. The van der Waals surface area contributed by atoms with Crippen LogP contribution in [0.15, 0.2) is 0 Å². The Hall–Kier alpha value is -0.770. The van der Waals surface area contributed by atoms with Crippen LogP contribution in [0.1, 0.15) is 59.3 Å². The van der Waals surface area contributed by atoms with E-state index in [-0.39, 0.29) is 24.1 Å². The summed E-state index contributed by atoms with van der Waals surface area (Å²) in [4.78, 5) is 11.9. The molecule has 1 aliphatic rings. The summed E-state index contributed by atoms with van der Waals surface area (Å²) in [6, 6.07) is 0.245. The highest BCUT2D eigenvalue weighted by Crippen LogP contribution is 2.22. The van der Waals surface area contributed by atoms with Crippen LogP contribution in [0.4, 0.5) is 4.79 Å². The van der Waals surface area contributed by atoms with E-state index in [0.29, 0.717) is 12.5 Å². The van der Waals surface area contributed by atoms with Crippen LogP contribution in [-0.2, 0) is 0 Å². The molecule has 0 aromatic heterocycles. The van der Waals surface area contributed by atoms with Crippen molar-refractivity contribution in [2.24, 2.45) is 5.41 Å². The molecule has 1 unspecified atom stereocenters. The number of carbonyl (C=O) groups is 1. The molecule has 0 saturated heterocycles. The quantitative estimate of drug-likeness (QED) is 0.723. The minimum Gasteiger partial charge on any atom is -0.396 e. The average molecular weight is 256 g/mol. The lowest BCUT2D eigenvalue weighted by Crippen LogP contribution is -2.51. The number of urea groups is 1. The van der Waals surface area contributed by atoms with Crippen molar-refractivity contribution in [3.63, 3.8) is 0 Å². The molecule has 4 heteroatoms. The second-order valence-corrected chi connectivity index (χ2v) is 6.38. The molecule has 1 atom stereocenters. The minimum absolute atomic E-state index is 0.00564. The van der Waals surface area contributed by atoms with Crippen molar-refractivity contribution >= 4 is 6.03 Å². The molecule has 4 nitrogen and oxygen atoms in total. The second kappa shape index (κ2) is 6.98. The molecule has 1 aliphatic carbocycles. The number of aliphatic hydroxyl groups is 1. The van der Waals surface area contributed by atoms with Crippen LogP contribution in [0.25, 0.3) is 0 Å². The van der Waals surface area contributed by atoms with Crippen LogP contribution in [0.3, 0.4) is 0 Å². The molecule has 106 valence electrons. The van der Waals surface area contributed by atoms with Crippen molar-refractivity contribution in [2.45, 2.75) is 71.4 Å². The number of hydrogen-bond acceptors (Lipinski definition) is 2. The molecule has 0 heterocycles. The number of carbonyl (C=O) groups excluding carboxylic acids is 1. The zero-order valence-electron chi connectivity index (χ0n) is 12.0. The lowest BCUT2D eigenvalue weighted by Gasteiger charge is -2.32. The molecule has 0 aromatic rings. The predicted octanol–water partition coefficient (Wildman–Crippen LogP) is 2.42. The summed E-state index contributed by atoms with van der Waals surface area (Å²) in [5.74, 6) is 0. The van der Waals surface area contributed by atoms with Crippen molar-refractivity contribution in [3.8, 4) is 0 Å². The number of nitrogens with one attached hydrogen (secondary N) is 2. The maximum atomic E-state index is 11.9. The maximum Gasteiger partial charge on any atom is 0.315 e. The van der Waals surface area contributed by atoms with Gasteiger partial charge in [-0.15, -0.1) is 0 Å². The Morgan fingerprint density at radius 1 is 1.28 bits per heavy atom. The molecule has 0 radical (unpaired) electrons. The van der Waals surface area contributed by atoms with E-state index in [1.807, 2.05) is 0 Å². The monoisotopic (exact) mass is 256 g/mol. The van der Waals surface area contributed by atoms with Gasteiger partial charge in [0.1, 0.15) is 0 Å². The third kappa shape index (κ3) is 5.25. The lowest BCUT2D eigenvalue weighted by atomic mass is 9.85. The Balaban J connectivity index is 2.40. The van der Waals surface area contributed by atoms with Gasteiger partial charge in [0, 0.05) is 18.7 Å². The van der Waals surface area contributed by atoms with Crippen molar-refractivity contribution in [1.29, 1.82) is 0 Å². The second-order valence-electron chi connectivity index (χ2n) is 6.38. The average Bonchev–Trinajstić information content (AvgIpc) is 2.28. The smallest absolute Gasteiger partial charge is 0.315 e. The first-order chi connectivity index (χ1) is 8.43. The Labute approximate surface area is 111 Å². The van der Waals surface area contributed by atoms with Crippen LogP contribution in [-0.4, -0.2) is 29.8 Å². The standard InChI is InChI=1S/C14H28N2O2/c1-14(2,3)12(9-10-17)16-13(18)15-11-7-5-4-6-8-11/h11-12,17H,4-10H2,1-3H3,(H2,15,16,18). The zero-order chi connectivity index (χ0) is 13.6. The molecular formula is C14H28N2O2. The topological polar surface area (TPSA) is 61.4 Å². The fourth-order valence-electron chi connectivity index (χ4n) is 2.48. The molecule has 1 rings (SSSR count). The maximum absolute atomic E-state index is 11.9. The summed E-state index contributed by atoms with van der Waals surface area (Å²) < 4.78 is 0. The minimum atomic E-state index is -0.0877. The number of hydrogen-bond donors (Lipinski definition) is 3. The molecule has 18 heavy (non-hydrogen) atoms. The van der Waals surface area contributed by atoms with Crippen molar-refractivity contribution in [3.05, 3.63) is 0 Å². The summed E-state index contributed by atoms with van der Waals surface area (Å²) in [6.45, 7) is 6.34. The molecule has 2 amide bonds. The largest absolute Gasteiger partial charge is 0.396 e. The van der Waals surface area contributed by atoms with E-state index in [2.05, 4.69) is 31.4 Å².